The van der Waals surface area contributed by atoms with Crippen LogP contribution in [0.1, 0.15) is 5.56 Å². The average molecular weight is 271 g/mol. The van der Waals surface area contributed by atoms with Gasteiger partial charge in [-0.05, 0) is 0 Å². The summed E-state index contributed by atoms with van der Waals surface area (Å²) in [6, 6.07) is 0.983. The van der Waals surface area contributed by atoms with Gasteiger partial charge in [0.15, 0.2) is 0 Å². The molecule has 0 spiro atoms. The summed E-state index contributed by atoms with van der Waals surface area (Å²) in [5, 5.41) is 40.5. The molecule has 11 nitrogen and oxygen atoms in total. The molecule has 0 saturated heterocycles. The highest BCUT2D eigenvalue weighted by Gasteiger charge is 2.31. The van der Waals surface area contributed by atoms with Gasteiger partial charge in [0.2, 0.25) is 0 Å². The molecule has 1 aromatic rings. The van der Waals surface area contributed by atoms with Gasteiger partial charge in [-0.3, -0.25) is 35.1 Å². The molecule has 19 heavy (non-hydrogen) atoms. The lowest BCUT2D eigenvalue weighted by atomic mass is 10.1. The summed E-state index contributed by atoms with van der Waals surface area (Å²) >= 11 is 0. The predicted octanol–water partition coefficient (Wildman–Crippen LogP) is 1.04. The van der Waals surface area contributed by atoms with E-state index in [1.807, 2.05) is 0 Å². The third-order valence-corrected chi connectivity index (χ3v) is 2.12. The van der Waals surface area contributed by atoms with E-state index < -0.39 is 49.8 Å². The number of rotatable bonds is 5. The van der Waals surface area contributed by atoms with Crippen LogP contribution in [0.25, 0.3) is 0 Å². The fourth-order valence-corrected chi connectivity index (χ4v) is 1.39. The third-order valence-electron chi connectivity index (χ3n) is 2.12. The largest absolute Gasteiger partial charge is 0.481 e. The summed E-state index contributed by atoms with van der Waals surface area (Å²) < 4.78 is 0. The quantitative estimate of drug-likeness (QED) is 0.611. The van der Waals surface area contributed by atoms with Gasteiger partial charge in [0.05, 0.1) is 33.3 Å². The van der Waals surface area contributed by atoms with Crippen molar-refractivity contribution in [1.82, 2.24) is 0 Å². The highest BCUT2D eigenvalue weighted by molar-refractivity contribution is 5.76. The van der Waals surface area contributed by atoms with Crippen LogP contribution in [-0.4, -0.2) is 25.8 Å². The number of hydrogen-bond acceptors (Lipinski definition) is 7. The van der Waals surface area contributed by atoms with Crippen LogP contribution in [0.2, 0.25) is 0 Å². The highest BCUT2D eigenvalue weighted by Crippen LogP contribution is 2.33. The topological polar surface area (TPSA) is 167 Å². The van der Waals surface area contributed by atoms with E-state index in [4.69, 9.17) is 5.11 Å². The lowest BCUT2D eigenvalue weighted by Crippen LogP contribution is -2.08. The van der Waals surface area contributed by atoms with Gasteiger partial charge in [0.1, 0.15) is 5.56 Å². The molecule has 0 bridgehead atoms. The number of hydrogen-bond donors (Lipinski definition) is 1. The first-order valence-corrected chi connectivity index (χ1v) is 4.56. The van der Waals surface area contributed by atoms with Crippen molar-refractivity contribution >= 4 is 23.0 Å². The number of nitro benzene ring substituents is 3. The first-order valence-electron chi connectivity index (χ1n) is 4.56. The molecule has 0 aromatic heterocycles. The van der Waals surface area contributed by atoms with E-state index in [2.05, 4.69) is 0 Å². The Labute approximate surface area is 103 Å². The molecule has 0 aliphatic carbocycles. The molecule has 0 heterocycles. The Balaban J connectivity index is 3.64. The minimum Gasteiger partial charge on any atom is -0.481 e. The van der Waals surface area contributed by atoms with Crippen LogP contribution in [0.5, 0.6) is 0 Å². The summed E-state index contributed by atoms with van der Waals surface area (Å²) in [7, 11) is 0. The van der Waals surface area contributed by atoms with E-state index in [0.29, 0.717) is 12.1 Å². The number of nitrogens with zero attached hydrogens (tertiary/aromatic N) is 3. The third kappa shape index (κ3) is 2.96. The number of benzene rings is 1. The molecule has 11 heteroatoms. The Bertz CT molecular complexity index is 561. The zero-order valence-corrected chi connectivity index (χ0v) is 9.01. The number of carboxylic acid groups (broad SMARTS) is 1. The molecule has 100 valence electrons. The van der Waals surface area contributed by atoms with E-state index in [1.54, 1.807) is 0 Å². The second-order valence-corrected chi connectivity index (χ2v) is 3.30. The van der Waals surface area contributed by atoms with E-state index in [1.165, 1.54) is 0 Å². The van der Waals surface area contributed by atoms with Crippen LogP contribution in [0.15, 0.2) is 12.1 Å². The van der Waals surface area contributed by atoms with Gasteiger partial charge in [0, 0.05) is 0 Å². The van der Waals surface area contributed by atoms with Crippen molar-refractivity contribution in [3.8, 4) is 0 Å². The molecule has 0 fully saturated rings. The SMILES string of the molecule is O=C(O)Cc1c([N+](=O)[O-])cc([N+](=O)[O-])cc1[N+](=O)[O-]. The van der Waals surface area contributed by atoms with Gasteiger partial charge in [-0.1, -0.05) is 0 Å². The number of aliphatic carboxylic acids is 1. The van der Waals surface area contributed by atoms with E-state index >= 15 is 0 Å². The molecule has 1 rings (SSSR count). The van der Waals surface area contributed by atoms with E-state index in [-0.39, 0.29) is 0 Å². The van der Waals surface area contributed by atoms with Crippen LogP contribution >= 0.6 is 0 Å². The predicted molar refractivity (Wildman–Crippen MR) is 57.7 cm³/mol. The van der Waals surface area contributed by atoms with Gasteiger partial charge in [-0.25, -0.2) is 0 Å². The molecule has 1 aromatic carbocycles. The molecule has 0 amide bonds. The fraction of sp³-hybridized carbons (Fsp3) is 0.125. The van der Waals surface area contributed by atoms with Crippen LogP contribution in [-0.2, 0) is 11.2 Å². The number of non-ortho nitro benzene ring substituents is 1. The van der Waals surface area contributed by atoms with Crippen molar-refractivity contribution in [1.29, 1.82) is 0 Å². The van der Waals surface area contributed by atoms with Crippen LogP contribution in [0.4, 0.5) is 17.1 Å². The molecule has 0 saturated carbocycles. The number of carbonyl (C=O) groups is 1. The molecule has 0 radical (unpaired) electrons. The molecule has 0 aliphatic rings. The number of carboxylic acids is 1. The Hall–Kier alpha value is -3.11. The lowest BCUT2D eigenvalue weighted by Gasteiger charge is -2.02. The van der Waals surface area contributed by atoms with Crippen molar-refractivity contribution in [3.05, 3.63) is 48.0 Å². The fourth-order valence-electron chi connectivity index (χ4n) is 1.39. The minimum atomic E-state index is -1.53. The molecule has 0 aliphatic heterocycles. The minimum absolute atomic E-state index is 0.491. The average Bonchev–Trinajstić information content (AvgIpc) is 2.27. The van der Waals surface area contributed by atoms with Crippen LogP contribution in [0.3, 0.4) is 0 Å². The summed E-state index contributed by atoms with van der Waals surface area (Å²) in [6.45, 7) is 0. The Morgan fingerprint density at radius 2 is 1.42 bits per heavy atom. The van der Waals surface area contributed by atoms with Crippen molar-refractivity contribution < 1.29 is 24.7 Å². The number of nitro groups is 3. The maximum Gasteiger partial charge on any atom is 0.308 e. The van der Waals surface area contributed by atoms with Gasteiger partial charge in [-0.2, -0.15) is 0 Å². The summed E-state index contributed by atoms with van der Waals surface area (Å²) in [5.74, 6) is -1.53. The van der Waals surface area contributed by atoms with Gasteiger partial charge >= 0.3 is 5.97 Å². The summed E-state index contributed by atoms with van der Waals surface area (Å²) in [6.07, 6.45) is -0.982. The van der Waals surface area contributed by atoms with Crippen molar-refractivity contribution in [3.63, 3.8) is 0 Å². The van der Waals surface area contributed by atoms with Gasteiger partial charge in [-0.15, -0.1) is 0 Å². The molecular formula is C8H5N3O8. The normalized spacial score (nSPS) is 9.89. The maximum absolute atomic E-state index is 10.7. The second kappa shape index (κ2) is 5.03. The first-order chi connectivity index (χ1) is 8.73. The van der Waals surface area contributed by atoms with Crippen LogP contribution in [0, 0.1) is 30.3 Å². The first kappa shape index (κ1) is 14.0. The summed E-state index contributed by atoms with van der Waals surface area (Å²) in [4.78, 5) is 39.3. The molecular weight excluding hydrogens is 266 g/mol. The van der Waals surface area contributed by atoms with Gasteiger partial charge in [0.25, 0.3) is 17.1 Å². The zero-order chi connectivity index (χ0) is 14.7. The zero-order valence-electron chi connectivity index (χ0n) is 9.01. The molecule has 0 atom stereocenters. The van der Waals surface area contributed by atoms with Crippen molar-refractivity contribution in [2.75, 3.05) is 0 Å². The van der Waals surface area contributed by atoms with Gasteiger partial charge < -0.3 is 5.11 Å². The smallest absolute Gasteiger partial charge is 0.308 e. The molecule has 0 unspecified atom stereocenters. The monoisotopic (exact) mass is 271 g/mol. The van der Waals surface area contributed by atoms with Crippen molar-refractivity contribution in [2.45, 2.75) is 6.42 Å². The molecule has 1 N–H and O–H groups in total. The second-order valence-electron chi connectivity index (χ2n) is 3.30. The highest BCUT2D eigenvalue weighted by atomic mass is 16.6. The Morgan fingerprint density at radius 1 is 1.00 bits per heavy atom. The lowest BCUT2D eigenvalue weighted by molar-refractivity contribution is -0.404. The van der Waals surface area contributed by atoms with E-state index in [9.17, 15) is 35.1 Å². The standard InChI is InChI=1S/C8H5N3O8/c12-8(13)3-5-6(10(16)17)1-4(9(14)15)2-7(5)11(18)19/h1-2H,3H2,(H,12,13). The van der Waals surface area contributed by atoms with Crippen LogP contribution < -0.4 is 0 Å². The Morgan fingerprint density at radius 3 is 1.68 bits per heavy atom. The summed E-state index contributed by atoms with van der Waals surface area (Å²) in [5.41, 5.74) is -3.48. The van der Waals surface area contributed by atoms with E-state index in [0.717, 1.165) is 0 Å². The van der Waals surface area contributed by atoms with Crippen molar-refractivity contribution in [2.24, 2.45) is 0 Å². The maximum atomic E-state index is 10.7. The Kier molecular flexibility index (Phi) is 3.70.